The molecule has 0 aliphatic carbocycles. The van der Waals surface area contributed by atoms with Gasteiger partial charge in [-0.25, -0.2) is 0 Å². The van der Waals surface area contributed by atoms with Gasteiger partial charge in [-0.2, -0.15) is 5.26 Å². The molecular formula is C10H7N2O3-. The van der Waals surface area contributed by atoms with Crippen molar-refractivity contribution in [3.8, 4) is 6.07 Å². The van der Waals surface area contributed by atoms with E-state index in [-0.39, 0.29) is 17.7 Å². The van der Waals surface area contributed by atoms with Gasteiger partial charge in [0.05, 0.1) is 12.0 Å². The Balaban J connectivity index is 2.90. The van der Waals surface area contributed by atoms with E-state index in [9.17, 15) is 14.7 Å². The van der Waals surface area contributed by atoms with E-state index in [4.69, 9.17) is 5.26 Å². The zero-order valence-corrected chi connectivity index (χ0v) is 7.69. The van der Waals surface area contributed by atoms with E-state index in [1.165, 1.54) is 18.2 Å². The van der Waals surface area contributed by atoms with Gasteiger partial charge in [-0.3, -0.25) is 4.79 Å². The van der Waals surface area contributed by atoms with Crippen LogP contribution in [0.2, 0.25) is 0 Å². The molecule has 0 saturated heterocycles. The maximum atomic E-state index is 11.0. The molecule has 0 bridgehead atoms. The molecule has 0 saturated carbocycles. The molecule has 0 atom stereocenters. The number of aromatic carboxylic acids is 1. The fourth-order valence-corrected chi connectivity index (χ4v) is 1.04. The third-order valence-corrected chi connectivity index (χ3v) is 1.66. The van der Waals surface area contributed by atoms with Gasteiger partial charge in [0.15, 0.2) is 0 Å². The second-order valence-electron chi connectivity index (χ2n) is 2.72. The highest BCUT2D eigenvalue weighted by atomic mass is 16.4. The van der Waals surface area contributed by atoms with Crippen molar-refractivity contribution in [2.75, 3.05) is 5.32 Å². The van der Waals surface area contributed by atoms with E-state index >= 15 is 0 Å². The Bertz CT molecular complexity index is 435. The molecule has 5 nitrogen and oxygen atoms in total. The summed E-state index contributed by atoms with van der Waals surface area (Å²) in [6.45, 7) is 0. The minimum atomic E-state index is -1.37. The number of anilines is 1. The first-order valence-corrected chi connectivity index (χ1v) is 4.12. The number of nitrogens with zero attached hydrogens (tertiary/aromatic N) is 1. The predicted molar refractivity (Wildman–Crippen MR) is 49.6 cm³/mol. The first-order chi connectivity index (χ1) is 7.15. The number of carbonyl (C=O) groups excluding carboxylic acids is 2. The fraction of sp³-hybridized carbons (Fsp3) is 0.100. The van der Waals surface area contributed by atoms with Crippen LogP contribution in [0.3, 0.4) is 0 Å². The van der Waals surface area contributed by atoms with Crippen LogP contribution in [0.15, 0.2) is 24.3 Å². The highest BCUT2D eigenvalue weighted by molar-refractivity contribution is 6.00. The van der Waals surface area contributed by atoms with Gasteiger partial charge < -0.3 is 15.2 Å². The number of nitriles is 1. The monoisotopic (exact) mass is 203 g/mol. The molecule has 1 N–H and O–H groups in total. The maximum Gasteiger partial charge on any atom is 0.238 e. The Morgan fingerprint density at radius 1 is 1.40 bits per heavy atom. The van der Waals surface area contributed by atoms with Crippen molar-refractivity contribution in [2.45, 2.75) is 6.42 Å². The van der Waals surface area contributed by atoms with E-state index in [2.05, 4.69) is 5.32 Å². The third-order valence-electron chi connectivity index (χ3n) is 1.66. The normalized spacial score (nSPS) is 9.00. The predicted octanol–water partition coefficient (Wildman–Crippen LogP) is -0.0977. The molecule has 0 radical (unpaired) electrons. The quantitative estimate of drug-likeness (QED) is 0.742. The summed E-state index contributed by atoms with van der Waals surface area (Å²) in [6.07, 6.45) is -0.318. The molecule has 0 aliphatic rings. The molecule has 5 heteroatoms. The van der Waals surface area contributed by atoms with E-state index in [1.807, 2.05) is 0 Å². The lowest BCUT2D eigenvalue weighted by atomic mass is 10.2. The molecule has 1 rings (SSSR count). The number of benzene rings is 1. The Labute approximate surface area is 86.0 Å². The molecule has 0 aromatic heterocycles. The van der Waals surface area contributed by atoms with Crippen molar-refractivity contribution < 1.29 is 14.7 Å². The van der Waals surface area contributed by atoms with Crippen molar-refractivity contribution in [3.63, 3.8) is 0 Å². The van der Waals surface area contributed by atoms with Crippen molar-refractivity contribution in [1.82, 2.24) is 0 Å². The van der Waals surface area contributed by atoms with Crippen LogP contribution in [0.1, 0.15) is 16.8 Å². The number of para-hydroxylation sites is 1. The van der Waals surface area contributed by atoms with E-state index in [1.54, 1.807) is 12.1 Å². The first-order valence-electron chi connectivity index (χ1n) is 4.12. The molecule has 1 amide bonds. The number of hydrogen-bond donors (Lipinski definition) is 1. The molecule has 0 fully saturated rings. The molecule has 0 heterocycles. The van der Waals surface area contributed by atoms with Crippen molar-refractivity contribution in [1.29, 1.82) is 5.26 Å². The van der Waals surface area contributed by atoms with Crippen LogP contribution in [0.4, 0.5) is 5.69 Å². The summed E-state index contributed by atoms with van der Waals surface area (Å²) in [5.41, 5.74) is 0.0292. The molecule has 15 heavy (non-hydrogen) atoms. The van der Waals surface area contributed by atoms with E-state index in [0.29, 0.717) is 0 Å². The SMILES string of the molecule is N#CCC(=O)Nc1ccccc1C(=O)[O-]. The second-order valence-corrected chi connectivity index (χ2v) is 2.72. The average molecular weight is 203 g/mol. The summed E-state index contributed by atoms with van der Waals surface area (Å²) in [5.74, 6) is -1.92. The average Bonchev–Trinajstić information content (AvgIpc) is 2.18. The highest BCUT2D eigenvalue weighted by Crippen LogP contribution is 2.13. The fourth-order valence-electron chi connectivity index (χ4n) is 1.04. The minimum Gasteiger partial charge on any atom is -0.545 e. The number of carbonyl (C=O) groups is 2. The van der Waals surface area contributed by atoms with Crippen LogP contribution in [0.5, 0.6) is 0 Å². The molecule has 0 unspecified atom stereocenters. The van der Waals surface area contributed by atoms with Gasteiger partial charge in [0.2, 0.25) is 5.91 Å². The van der Waals surface area contributed by atoms with Crippen molar-refractivity contribution in [2.24, 2.45) is 0 Å². The molecule has 1 aromatic rings. The zero-order chi connectivity index (χ0) is 11.3. The number of amides is 1. The number of rotatable bonds is 3. The highest BCUT2D eigenvalue weighted by Gasteiger charge is 2.05. The van der Waals surface area contributed by atoms with Gasteiger partial charge in [0.1, 0.15) is 6.42 Å². The van der Waals surface area contributed by atoms with Gasteiger partial charge >= 0.3 is 0 Å². The summed E-state index contributed by atoms with van der Waals surface area (Å²) < 4.78 is 0. The van der Waals surface area contributed by atoms with Crippen LogP contribution in [0, 0.1) is 11.3 Å². The van der Waals surface area contributed by atoms with Crippen LogP contribution in [-0.2, 0) is 4.79 Å². The Morgan fingerprint density at radius 2 is 2.07 bits per heavy atom. The van der Waals surface area contributed by atoms with Crippen LogP contribution in [0.25, 0.3) is 0 Å². The molecule has 1 aromatic carbocycles. The summed E-state index contributed by atoms with van der Waals surface area (Å²) in [5, 5.41) is 21.2. The Kier molecular flexibility index (Phi) is 3.41. The van der Waals surface area contributed by atoms with Gasteiger partial charge in [-0.1, -0.05) is 18.2 Å². The smallest absolute Gasteiger partial charge is 0.238 e. The zero-order valence-electron chi connectivity index (χ0n) is 7.69. The molecular weight excluding hydrogens is 196 g/mol. The summed E-state index contributed by atoms with van der Waals surface area (Å²) in [7, 11) is 0. The van der Waals surface area contributed by atoms with Crippen LogP contribution >= 0.6 is 0 Å². The lowest BCUT2D eigenvalue weighted by Crippen LogP contribution is -2.24. The van der Waals surface area contributed by atoms with E-state index in [0.717, 1.165) is 0 Å². The van der Waals surface area contributed by atoms with Crippen molar-refractivity contribution >= 4 is 17.6 Å². The number of hydrogen-bond acceptors (Lipinski definition) is 4. The van der Waals surface area contributed by atoms with Gasteiger partial charge in [-0.15, -0.1) is 0 Å². The number of carboxylic acid groups (broad SMARTS) is 1. The van der Waals surface area contributed by atoms with Gasteiger partial charge in [0.25, 0.3) is 0 Å². The van der Waals surface area contributed by atoms with Crippen LogP contribution in [-0.4, -0.2) is 11.9 Å². The number of nitrogens with one attached hydrogen (secondary N) is 1. The van der Waals surface area contributed by atoms with E-state index < -0.39 is 11.9 Å². The topological polar surface area (TPSA) is 93.0 Å². The van der Waals surface area contributed by atoms with Crippen LogP contribution < -0.4 is 10.4 Å². The second kappa shape index (κ2) is 4.77. The largest absolute Gasteiger partial charge is 0.545 e. The summed E-state index contributed by atoms with van der Waals surface area (Å²) >= 11 is 0. The maximum absolute atomic E-state index is 11.0. The van der Waals surface area contributed by atoms with Gasteiger partial charge in [-0.05, 0) is 6.07 Å². The minimum absolute atomic E-state index is 0.108. The third kappa shape index (κ3) is 2.81. The first kappa shape index (κ1) is 10.7. The summed E-state index contributed by atoms with van der Waals surface area (Å²) in [6, 6.07) is 7.51. The molecule has 0 aliphatic heterocycles. The lowest BCUT2D eigenvalue weighted by molar-refractivity contribution is -0.254. The standard InChI is InChI=1S/C10H8N2O3/c11-6-5-9(13)12-8-4-2-1-3-7(8)10(14)15/h1-4H,5H2,(H,12,13)(H,14,15)/p-1. The molecule has 76 valence electrons. The number of carboxylic acids is 1. The molecule has 0 spiro atoms. The lowest BCUT2D eigenvalue weighted by Gasteiger charge is -2.10. The Hall–Kier alpha value is -2.35. The Morgan fingerprint density at radius 3 is 2.67 bits per heavy atom. The van der Waals surface area contributed by atoms with Gasteiger partial charge in [0, 0.05) is 11.3 Å². The summed E-state index contributed by atoms with van der Waals surface area (Å²) in [4.78, 5) is 21.7. The van der Waals surface area contributed by atoms with Crippen molar-refractivity contribution in [3.05, 3.63) is 29.8 Å².